The average molecular weight is 789 g/mol. The Labute approximate surface area is 312 Å². The lowest BCUT2D eigenvalue weighted by Gasteiger charge is -1.82. The molecule has 7 rings (SSSR count). The maximum Gasteiger partial charge on any atom is 0.438 e. The lowest BCUT2D eigenvalue weighted by Crippen LogP contribution is -2.05. The molecule has 0 bridgehead atoms. The standard InChI is InChI=1S/C5H6N2O.C3H6N4.3C3H4N2O2.C3H4N2OS.C2H4N4.5CH4/c1-4-2-3-5(8)7-6-4;1-3-4-6-7(2)5-3;1-2-4-5-3(6)7-2;1-2-4-3(6)5-7-2;2*1-2-4-3(6)7-5-2;1-2-3-5-6-4-2;;;;;/h2-3H,1H3,(H,7,8);1-2H3;2*1H3,(H,5,6);2*1H3,(H,4,5,6);1H3,(H,3,4,5,6);5*1H4. The van der Waals surface area contributed by atoms with Gasteiger partial charge in [0.05, 0.1) is 12.7 Å². The van der Waals surface area contributed by atoms with E-state index in [1.54, 1.807) is 54.7 Å². The number of hydrogen-bond donors (Lipinski definition) is 6. The van der Waals surface area contributed by atoms with Gasteiger partial charge in [-0.15, -0.1) is 25.5 Å². The van der Waals surface area contributed by atoms with Gasteiger partial charge in [-0.2, -0.15) is 29.6 Å². The quantitative estimate of drug-likeness (QED) is 0.127. The molecule has 0 radical (unpaired) electrons. The first-order valence-corrected chi connectivity index (χ1v) is 13.9. The smallest absolute Gasteiger partial charge is 0.393 e. The van der Waals surface area contributed by atoms with E-state index in [-0.39, 0.29) is 47.6 Å². The molecule has 0 saturated carbocycles. The van der Waals surface area contributed by atoms with Gasteiger partial charge >= 0.3 is 22.1 Å². The van der Waals surface area contributed by atoms with Crippen LogP contribution in [-0.2, 0) is 7.05 Å². The van der Waals surface area contributed by atoms with Crippen LogP contribution in [0.1, 0.15) is 77.9 Å². The second kappa shape index (κ2) is 31.0. The van der Waals surface area contributed by atoms with E-state index in [2.05, 4.69) is 94.4 Å². The molecule has 0 aliphatic heterocycles. The van der Waals surface area contributed by atoms with E-state index in [0.717, 1.165) is 17.2 Å². The van der Waals surface area contributed by atoms with Crippen LogP contribution < -0.4 is 27.6 Å². The number of rotatable bonds is 0. The molecule has 0 aliphatic rings. The zero-order valence-corrected chi connectivity index (χ0v) is 28.0. The lowest BCUT2D eigenvalue weighted by atomic mass is 10.4. The maximum atomic E-state index is 10.3. The summed E-state index contributed by atoms with van der Waals surface area (Å²) in [7, 11) is 1.74. The second-order valence-corrected chi connectivity index (χ2v) is 9.22. The molecular formula is C27H52N18O8S. The van der Waals surface area contributed by atoms with Crippen LogP contribution in [0.25, 0.3) is 0 Å². The molecule has 0 saturated heterocycles. The highest BCUT2D eigenvalue weighted by Gasteiger charge is 1.89. The third kappa shape index (κ3) is 29.0. The Kier molecular flexibility index (Phi) is 32.5. The van der Waals surface area contributed by atoms with Gasteiger partial charge in [0.1, 0.15) is 11.6 Å². The van der Waals surface area contributed by atoms with E-state index in [4.69, 9.17) is 0 Å². The normalized spacial score (nSPS) is 8.37. The molecule has 0 unspecified atom stereocenters. The molecule has 7 aromatic heterocycles. The Hall–Kier alpha value is -6.80. The molecule has 0 aliphatic carbocycles. The van der Waals surface area contributed by atoms with E-state index in [1.807, 2.05) is 12.1 Å². The van der Waals surface area contributed by atoms with Crippen molar-refractivity contribution in [3.05, 3.63) is 105 Å². The zero-order valence-electron chi connectivity index (χ0n) is 27.2. The summed E-state index contributed by atoms with van der Waals surface area (Å²) in [6.45, 7) is 12.0. The van der Waals surface area contributed by atoms with Crippen LogP contribution >= 0.6 is 11.5 Å². The molecule has 0 aromatic carbocycles. The van der Waals surface area contributed by atoms with Gasteiger partial charge in [0.15, 0.2) is 11.6 Å². The van der Waals surface area contributed by atoms with Crippen LogP contribution in [0, 0.1) is 48.5 Å². The number of aromatic nitrogens is 18. The van der Waals surface area contributed by atoms with E-state index in [9.17, 15) is 24.0 Å². The number of H-pyrrole nitrogens is 6. The van der Waals surface area contributed by atoms with Crippen molar-refractivity contribution in [3.8, 4) is 0 Å². The number of tetrazole rings is 2. The van der Waals surface area contributed by atoms with Gasteiger partial charge < -0.3 is 8.94 Å². The van der Waals surface area contributed by atoms with Gasteiger partial charge in [0, 0.05) is 31.4 Å². The lowest BCUT2D eigenvalue weighted by molar-refractivity contribution is 0.383. The molecule has 0 fully saturated rings. The Bertz CT molecular complexity index is 1940. The second-order valence-electron chi connectivity index (χ2n) is 8.48. The minimum Gasteiger partial charge on any atom is -0.393 e. The minimum absolute atomic E-state index is 0. The molecule has 7 heterocycles. The van der Waals surface area contributed by atoms with Gasteiger partial charge in [-0.3, -0.25) is 24.1 Å². The van der Waals surface area contributed by atoms with E-state index in [0.29, 0.717) is 35.1 Å². The van der Waals surface area contributed by atoms with E-state index < -0.39 is 17.2 Å². The van der Waals surface area contributed by atoms with Crippen molar-refractivity contribution in [1.82, 2.24) is 90.9 Å². The van der Waals surface area contributed by atoms with Crippen molar-refractivity contribution in [1.29, 1.82) is 0 Å². The molecular weight excluding hydrogens is 736 g/mol. The average Bonchev–Trinajstić information content (AvgIpc) is 3.91. The van der Waals surface area contributed by atoms with Crippen LogP contribution in [0.5, 0.6) is 0 Å². The maximum absolute atomic E-state index is 10.3. The zero-order chi connectivity index (χ0) is 36.8. The molecule has 7 aromatic rings. The third-order valence-corrected chi connectivity index (χ3v) is 4.70. The first-order chi connectivity index (χ1) is 23.1. The summed E-state index contributed by atoms with van der Waals surface area (Å²) in [6, 6.07) is 3.11. The summed E-state index contributed by atoms with van der Waals surface area (Å²) in [6.07, 6.45) is 0. The van der Waals surface area contributed by atoms with Gasteiger partial charge in [0.2, 0.25) is 11.8 Å². The van der Waals surface area contributed by atoms with Crippen LogP contribution in [0.15, 0.2) is 49.6 Å². The van der Waals surface area contributed by atoms with Crippen molar-refractivity contribution in [2.45, 2.75) is 85.6 Å². The van der Waals surface area contributed by atoms with E-state index >= 15 is 0 Å². The summed E-state index contributed by atoms with van der Waals surface area (Å²) < 4.78 is 16.6. The predicted molar refractivity (Wildman–Crippen MR) is 199 cm³/mol. The molecule has 304 valence electrons. The Morgan fingerprint density at radius 1 is 0.722 bits per heavy atom. The van der Waals surface area contributed by atoms with Gasteiger partial charge in [-0.05, 0) is 45.9 Å². The first kappa shape index (κ1) is 56.6. The Balaban J connectivity index is -0.000000170. The Morgan fingerprint density at radius 2 is 1.39 bits per heavy atom. The number of hydrogen-bond acceptors (Lipinski definition) is 20. The van der Waals surface area contributed by atoms with Gasteiger partial charge in [0.25, 0.3) is 5.56 Å². The van der Waals surface area contributed by atoms with Crippen molar-refractivity contribution in [3.63, 3.8) is 0 Å². The summed E-state index contributed by atoms with van der Waals surface area (Å²) in [5.74, 6) is 2.31. The molecule has 54 heavy (non-hydrogen) atoms. The summed E-state index contributed by atoms with van der Waals surface area (Å²) in [5, 5.41) is 40.5. The topological polar surface area (TPSA) is 366 Å². The fourth-order valence-corrected chi connectivity index (χ4v) is 2.68. The number of aromatic amines is 6. The first-order valence-electron chi connectivity index (χ1n) is 13.1. The van der Waals surface area contributed by atoms with Gasteiger partial charge in [-0.25, -0.2) is 24.6 Å². The minimum atomic E-state index is -0.502. The molecule has 0 atom stereocenters. The highest BCUT2D eigenvalue weighted by Crippen LogP contribution is 1.80. The van der Waals surface area contributed by atoms with Crippen molar-refractivity contribution >= 4 is 11.5 Å². The monoisotopic (exact) mass is 788 g/mol. The van der Waals surface area contributed by atoms with Crippen molar-refractivity contribution < 1.29 is 13.5 Å². The van der Waals surface area contributed by atoms with Crippen molar-refractivity contribution in [2.24, 2.45) is 7.05 Å². The summed E-state index contributed by atoms with van der Waals surface area (Å²) in [5.41, 5.74) is 0.234. The van der Waals surface area contributed by atoms with Crippen LogP contribution in [-0.4, -0.2) is 90.9 Å². The highest BCUT2D eigenvalue weighted by molar-refractivity contribution is 7.02. The summed E-state index contributed by atoms with van der Waals surface area (Å²) >= 11 is 0.943. The molecule has 27 heteroatoms. The fourth-order valence-electron chi connectivity index (χ4n) is 2.22. The number of nitrogens with one attached hydrogen (secondary N) is 6. The summed E-state index contributed by atoms with van der Waals surface area (Å²) in [4.78, 5) is 60.0. The fraction of sp³-hybridized carbons (Fsp3) is 0.481. The SMILES string of the molecule is C.C.C.C.C.Cc1ccc(=O)[nH]n1.Cc1n[nH]c(=O)o1.Cc1nc(=O)[nH]o1.Cc1nn[nH]n1.Cc1nnn(C)n1.Cc1noc(=O)[nH]1.Cc1nsc(=O)[nH]1. The third-order valence-electron chi connectivity index (χ3n) is 4.06. The highest BCUT2D eigenvalue weighted by atomic mass is 32.1. The molecule has 6 N–H and O–H groups in total. The predicted octanol–water partition coefficient (Wildman–Crippen LogP) is 1.44. The molecule has 26 nitrogen and oxygen atoms in total. The molecule has 0 amide bonds. The largest absolute Gasteiger partial charge is 0.438 e. The Morgan fingerprint density at radius 3 is 1.56 bits per heavy atom. The van der Waals surface area contributed by atoms with Gasteiger partial charge in [-0.1, -0.05) is 47.5 Å². The van der Waals surface area contributed by atoms with Crippen LogP contribution in [0.2, 0.25) is 0 Å². The van der Waals surface area contributed by atoms with Crippen LogP contribution in [0.4, 0.5) is 0 Å². The number of aryl methyl sites for hydroxylation is 8. The van der Waals surface area contributed by atoms with Crippen molar-refractivity contribution in [2.75, 3.05) is 0 Å². The van der Waals surface area contributed by atoms with E-state index in [1.165, 1.54) is 10.9 Å². The number of nitrogens with zero attached hydrogens (tertiary/aromatic N) is 12. The van der Waals surface area contributed by atoms with Crippen LogP contribution in [0.3, 0.4) is 0 Å². The molecule has 0 spiro atoms.